The Morgan fingerprint density at radius 3 is 2.83 bits per heavy atom. The van der Waals surface area contributed by atoms with Crippen LogP contribution in [-0.4, -0.2) is 31.1 Å². The molecule has 0 fully saturated rings. The van der Waals surface area contributed by atoms with Gasteiger partial charge in [0.05, 0.1) is 13.0 Å². The standard InChI is InChI=1S/C13H17ClFNO2/c1-3-18-13(17)6-7-16(2)9-10-4-5-11(15)8-12(10)14/h4-5,8H,3,6-7,9H2,1-2H3. The van der Waals surface area contributed by atoms with E-state index in [-0.39, 0.29) is 11.8 Å². The molecule has 0 spiro atoms. The summed E-state index contributed by atoms with van der Waals surface area (Å²) in [6, 6.07) is 4.31. The molecule has 5 heteroatoms. The van der Waals surface area contributed by atoms with Gasteiger partial charge in [-0.25, -0.2) is 4.39 Å². The molecule has 0 aliphatic carbocycles. The van der Waals surface area contributed by atoms with Crippen molar-refractivity contribution >= 4 is 17.6 Å². The predicted molar refractivity (Wildman–Crippen MR) is 69.0 cm³/mol. The van der Waals surface area contributed by atoms with Crippen molar-refractivity contribution in [1.29, 1.82) is 0 Å². The molecule has 0 unspecified atom stereocenters. The van der Waals surface area contributed by atoms with Crippen molar-refractivity contribution in [3.8, 4) is 0 Å². The molecule has 3 nitrogen and oxygen atoms in total. The Balaban J connectivity index is 2.44. The van der Waals surface area contributed by atoms with Gasteiger partial charge in [-0.3, -0.25) is 4.79 Å². The van der Waals surface area contributed by atoms with Crippen LogP contribution in [0.5, 0.6) is 0 Å². The number of halogens is 2. The van der Waals surface area contributed by atoms with Gasteiger partial charge in [-0.05, 0) is 31.7 Å². The molecular formula is C13H17ClFNO2. The van der Waals surface area contributed by atoms with E-state index < -0.39 is 0 Å². The van der Waals surface area contributed by atoms with Gasteiger partial charge in [0.2, 0.25) is 0 Å². The normalized spacial score (nSPS) is 10.7. The van der Waals surface area contributed by atoms with E-state index in [0.29, 0.717) is 31.1 Å². The average Bonchev–Trinajstić information content (AvgIpc) is 2.31. The summed E-state index contributed by atoms with van der Waals surface area (Å²) in [5.74, 6) is -0.563. The largest absolute Gasteiger partial charge is 0.466 e. The van der Waals surface area contributed by atoms with Gasteiger partial charge in [-0.1, -0.05) is 17.7 Å². The van der Waals surface area contributed by atoms with E-state index in [1.807, 2.05) is 11.9 Å². The first kappa shape index (κ1) is 14.9. The second-order valence-corrected chi connectivity index (χ2v) is 4.44. The Bertz CT molecular complexity index is 412. The van der Waals surface area contributed by atoms with E-state index in [9.17, 15) is 9.18 Å². The summed E-state index contributed by atoms with van der Waals surface area (Å²) in [6.45, 7) is 3.32. The lowest BCUT2D eigenvalue weighted by molar-refractivity contribution is -0.143. The lowest BCUT2D eigenvalue weighted by Crippen LogP contribution is -2.22. The minimum atomic E-state index is -0.349. The van der Waals surface area contributed by atoms with Crippen molar-refractivity contribution in [3.05, 3.63) is 34.6 Å². The van der Waals surface area contributed by atoms with Crippen LogP contribution in [0, 0.1) is 5.82 Å². The predicted octanol–water partition coefficient (Wildman–Crippen LogP) is 2.86. The molecule has 0 aliphatic heterocycles. The van der Waals surface area contributed by atoms with Crippen LogP contribution in [-0.2, 0) is 16.1 Å². The zero-order valence-corrected chi connectivity index (χ0v) is 11.3. The topological polar surface area (TPSA) is 29.5 Å². The van der Waals surface area contributed by atoms with Crippen LogP contribution in [0.25, 0.3) is 0 Å². The van der Waals surface area contributed by atoms with Gasteiger partial charge in [-0.15, -0.1) is 0 Å². The maximum atomic E-state index is 12.9. The molecule has 1 rings (SSSR count). The molecule has 1 aromatic rings. The van der Waals surface area contributed by atoms with Gasteiger partial charge in [0, 0.05) is 18.1 Å². The number of rotatable bonds is 6. The van der Waals surface area contributed by atoms with E-state index in [2.05, 4.69) is 0 Å². The maximum absolute atomic E-state index is 12.9. The van der Waals surface area contributed by atoms with E-state index >= 15 is 0 Å². The number of esters is 1. The van der Waals surface area contributed by atoms with E-state index in [4.69, 9.17) is 16.3 Å². The minimum Gasteiger partial charge on any atom is -0.466 e. The highest BCUT2D eigenvalue weighted by Crippen LogP contribution is 2.18. The highest BCUT2D eigenvalue weighted by molar-refractivity contribution is 6.31. The molecule has 1 aromatic carbocycles. The molecule has 0 bridgehead atoms. The summed E-state index contributed by atoms with van der Waals surface area (Å²) in [5.41, 5.74) is 0.837. The van der Waals surface area contributed by atoms with Crippen molar-refractivity contribution in [1.82, 2.24) is 4.90 Å². The SMILES string of the molecule is CCOC(=O)CCN(C)Cc1ccc(F)cc1Cl. The molecule has 0 radical (unpaired) electrons. The molecular weight excluding hydrogens is 257 g/mol. The van der Waals surface area contributed by atoms with E-state index in [1.54, 1.807) is 13.0 Å². The highest BCUT2D eigenvalue weighted by Gasteiger charge is 2.08. The van der Waals surface area contributed by atoms with Crippen LogP contribution < -0.4 is 0 Å². The third-order valence-corrected chi connectivity index (χ3v) is 2.81. The van der Waals surface area contributed by atoms with Gasteiger partial charge in [0.1, 0.15) is 5.82 Å². The van der Waals surface area contributed by atoms with Crippen molar-refractivity contribution < 1.29 is 13.9 Å². The molecule has 0 N–H and O–H groups in total. The molecule has 100 valence electrons. The van der Waals surface area contributed by atoms with Gasteiger partial charge >= 0.3 is 5.97 Å². The summed E-state index contributed by atoms with van der Waals surface area (Å²) in [5, 5.41) is 0.401. The van der Waals surface area contributed by atoms with Crippen LogP contribution >= 0.6 is 11.6 Å². The average molecular weight is 274 g/mol. The number of nitrogens with zero attached hydrogens (tertiary/aromatic N) is 1. The van der Waals surface area contributed by atoms with Crippen molar-refractivity contribution in [3.63, 3.8) is 0 Å². The molecule has 0 aromatic heterocycles. The first-order chi connectivity index (χ1) is 8.52. The fourth-order valence-corrected chi connectivity index (χ4v) is 1.76. The van der Waals surface area contributed by atoms with Crippen molar-refractivity contribution in [2.24, 2.45) is 0 Å². The molecule has 0 saturated carbocycles. The molecule has 0 amide bonds. The Morgan fingerprint density at radius 1 is 1.50 bits per heavy atom. The van der Waals surface area contributed by atoms with E-state index in [0.717, 1.165) is 5.56 Å². The number of ether oxygens (including phenoxy) is 1. The number of carbonyl (C=O) groups excluding carboxylic acids is 1. The zero-order valence-electron chi connectivity index (χ0n) is 10.6. The van der Waals surface area contributed by atoms with Crippen molar-refractivity contribution in [2.75, 3.05) is 20.2 Å². The van der Waals surface area contributed by atoms with Crippen molar-refractivity contribution in [2.45, 2.75) is 19.9 Å². The van der Waals surface area contributed by atoms with Gasteiger partial charge < -0.3 is 9.64 Å². The summed E-state index contributed by atoms with van der Waals surface area (Å²) in [6.07, 6.45) is 0.336. The third kappa shape index (κ3) is 5.02. The lowest BCUT2D eigenvalue weighted by Gasteiger charge is -2.16. The van der Waals surface area contributed by atoms with Crippen LogP contribution in [0.4, 0.5) is 4.39 Å². The number of hydrogen-bond acceptors (Lipinski definition) is 3. The van der Waals surface area contributed by atoms with Crippen LogP contribution in [0.15, 0.2) is 18.2 Å². The number of hydrogen-bond donors (Lipinski definition) is 0. The smallest absolute Gasteiger partial charge is 0.307 e. The second kappa shape index (κ2) is 7.34. The van der Waals surface area contributed by atoms with Gasteiger partial charge in [-0.2, -0.15) is 0 Å². The molecule has 0 heterocycles. The molecule has 0 saturated heterocycles. The molecule has 0 aliphatic rings. The minimum absolute atomic E-state index is 0.213. The van der Waals surface area contributed by atoms with Gasteiger partial charge in [0.25, 0.3) is 0 Å². The first-order valence-corrected chi connectivity index (χ1v) is 6.18. The quantitative estimate of drug-likeness (QED) is 0.747. The van der Waals surface area contributed by atoms with Crippen LogP contribution in [0.3, 0.4) is 0 Å². The maximum Gasteiger partial charge on any atom is 0.307 e. The molecule has 18 heavy (non-hydrogen) atoms. The van der Waals surface area contributed by atoms with E-state index in [1.165, 1.54) is 12.1 Å². The Kier molecular flexibility index (Phi) is 6.09. The first-order valence-electron chi connectivity index (χ1n) is 5.81. The summed E-state index contributed by atoms with van der Waals surface area (Å²) < 4.78 is 17.7. The third-order valence-electron chi connectivity index (χ3n) is 2.46. The van der Waals surface area contributed by atoms with Gasteiger partial charge in [0.15, 0.2) is 0 Å². The fourth-order valence-electron chi connectivity index (χ4n) is 1.54. The lowest BCUT2D eigenvalue weighted by atomic mass is 10.2. The fraction of sp³-hybridized carbons (Fsp3) is 0.462. The monoisotopic (exact) mass is 273 g/mol. The summed E-state index contributed by atoms with van der Waals surface area (Å²) in [7, 11) is 1.87. The Hall–Kier alpha value is -1.13. The second-order valence-electron chi connectivity index (χ2n) is 4.03. The summed E-state index contributed by atoms with van der Waals surface area (Å²) in [4.78, 5) is 13.1. The Morgan fingerprint density at radius 2 is 2.22 bits per heavy atom. The summed E-state index contributed by atoms with van der Waals surface area (Å²) >= 11 is 5.93. The Labute approximate surface area is 111 Å². The number of benzene rings is 1. The van der Waals surface area contributed by atoms with Crippen LogP contribution in [0.2, 0.25) is 5.02 Å². The number of carbonyl (C=O) groups is 1. The van der Waals surface area contributed by atoms with Crippen LogP contribution in [0.1, 0.15) is 18.9 Å². The molecule has 0 atom stereocenters. The highest BCUT2D eigenvalue weighted by atomic mass is 35.5. The zero-order chi connectivity index (χ0) is 13.5.